The molecule has 1 fully saturated rings. The van der Waals surface area contributed by atoms with E-state index in [4.69, 9.17) is 19.3 Å². The van der Waals surface area contributed by atoms with Crippen LogP contribution < -0.4 is 4.90 Å². The molecule has 0 bridgehead atoms. The first-order valence-electron chi connectivity index (χ1n) is 10.6. The van der Waals surface area contributed by atoms with Gasteiger partial charge in [-0.3, -0.25) is 0 Å². The van der Waals surface area contributed by atoms with E-state index < -0.39 is 5.97 Å². The fourth-order valence-corrected chi connectivity index (χ4v) is 3.83. The number of morpholine rings is 1. The van der Waals surface area contributed by atoms with Gasteiger partial charge in [0.1, 0.15) is 11.6 Å². The van der Waals surface area contributed by atoms with Gasteiger partial charge in [0, 0.05) is 24.8 Å². The number of carbonyl (C=O) groups is 1. The number of hydrogen-bond donors (Lipinski definition) is 0. The van der Waals surface area contributed by atoms with Crippen LogP contribution in [0.25, 0.3) is 22.4 Å². The lowest BCUT2D eigenvalue weighted by molar-refractivity contribution is 0.0528. The maximum Gasteiger partial charge on any atom is 0.341 e. The van der Waals surface area contributed by atoms with Crippen molar-refractivity contribution in [2.24, 2.45) is 0 Å². The molecule has 0 aliphatic carbocycles. The van der Waals surface area contributed by atoms with Crippen molar-refractivity contribution < 1.29 is 19.0 Å². The first kappa shape index (κ1) is 20.9. The highest BCUT2D eigenvalue weighted by molar-refractivity contribution is 6.06. The lowest BCUT2D eigenvalue weighted by Crippen LogP contribution is -2.37. The molecule has 0 unspecified atom stereocenters. The number of anilines is 1. The Morgan fingerprint density at radius 3 is 2.52 bits per heavy atom. The average molecular weight is 421 g/mol. The Balaban J connectivity index is 1.99. The van der Waals surface area contributed by atoms with E-state index in [1.165, 1.54) is 0 Å². The van der Waals surface area contributed by atoms with Crippen molar-refractivity contribution in [2.75, 3.05) is 44.4 Å². The molecule has 1 aliphatic heterocycles. The number of ether oxygens (including phenoxy) is 3. The molecule has 1 aliphatic rings. The quantitative estimate of drug-likeness (QED) is 0.424. The van der Waals surface area contributed by atoms with Crippen molar-refractivity contribution in [1.29, 1.82) is 0 Å². The Kier molecular flexibility index (Phi) is 6.23. The molecular weight excluding hydrogens is 394 g/mol. The third-order valence-corrected chi connectivity index (χ3v) is 5.24. The highest BCUT2D eigenvalue weighted by atomic mass is 16.5. The molecule has 7 nitrogen and oxygen atoms in total. The highest BCUT2D eigenvalue weighted by Gasteiger charge is 2.26. The molecule has 0 radical (unpaired) electrons. The monoisotopic (exact) mass is 421 g/mol. The van der Waals surface area contributed by atoms with Gasteiger partial charge in [0.25, 0.3) is 0 Å². The molecule has 0 atom stereocenters. The number of benzene rings is 1. The van der Waals surface area contributed by atoms with E-state index in [0.717, 1.165) is 30.0 Å². The second-order valence-electron chi connectivity index (χ2n) is 7.17. The fourth-order valence-electron chi connectivity index (χ4n) is 3.83. The zero-order valence-electron chi connectivity index (χ0n) is 18.0. The van der Waals surface area contributed by atoms with Crippen LogP contribution in [0.3, 0.4) is 0 Å². The minimum atomic E-state index is -0.418. The summed E-state index contributed by atoms with van der Waals surface area (Å²) in [4.78, 5) is 15.2. The molecule has 31 heavy (non-hydrogen) atoms. The smallest absolute Gasteiger partial charge is 0.341 e. The van der Waals surface area contributed by atoms with Gasteiger partial charge >= 0.3 is 5.97 Å². The summed E-state index contributed by atoms with van der Waals surface area (Å²) in [5.74, 6) is 0.829. The van der Waals surface area contributed by atoms with Crippen LogP contribution in [-0.2, 0) is 14.2 Å². The second kappa shape index (κ2) is 9.22. The van der Waals surface area contributed by atoms with E-state index in [1.807, 2.05) is 43.3 Å². The lowest BCUT2D eigenvalue weighted by atomic mass is 10.0. The maximum atomic E-state index is 13.0. The molecule has 7 heteroatoms. The molecule has 1 saturated heterocycles. The molecule has 162 valence electrons. The fraction of sp³-hybridized carbons (Fsp3) is 0.333. The SMILES string of the molecule is C=C(OCC)c1cn2nc(N3CCOCC3)cc(-c3ccccc3)c2c1C(=O)OCC. The molecule has 0 N–H and O–H groups in total. The predicted octanol–water partition coefficient (Wildman–Crippen LogP) is 4.02. The topological polar surface area (TPSA) is 65.3 Å². The molecule has 1 aromatic carbocycles. The van der Waals surface area contributed by atoms with E-state index in [9.17, 15) is 4.79 Å². The number of hydrogen-bond acceptors (Lipinski definition) is 6. The van der Waals surface area contributed by atoms with E-state index in [0.29, 0.717) is 42.2 Å². The number of carbonyl (C=O) groups excluding carboxylic acids is 1. The molecule has 0 spiro atoms. The largest absolute Gasteiger partial charge is 0.494 e. The third kappa shape index (κ3) is 4.14. The average Bonchev–Trinajstić information content (AvgIpc) is 3.20. The van der Waals surface area contributed by atoms with Crippen molar-refractivity contribution in [1.82, 2.24) is 9.61 Å². The minimum absolute atomic E-state index is 0.274. The van der Waals surface area contributed by atoms with Crippen molar-refractivity contribution in [3.8, 4) is 11.1 Å². The number of rotatable bonds is 7. The van der Waals surface area contributed by atoms with E-state index in [2.05, 4.69) is 11.5 Å². The van der Waals surface area contributed by atoms with E-state index in [1.54, 1.807) is 17.6 Å². The summed E-state index contributed by atoms with van der Waals surface area (Å²) >= 11 is 0. The van der Waals surface area contributed by atoms with Gasteiger partial charge in [-0.1, -0.05) is 36.9 Å². The summed E-state index contributed by atoms with van der Waals surface area (Å²) < 4.78 is 18.3. The first-order valence-corrected chi connectivity index (χ1v) is 10.6. The maximum absolute atomic E-state index is 13.0. The van der Waals surface area contributed by atoms with Gasteiger partial charge in [0.05, 0.1) is 43.1 Å². The van der Waals surface area contributed by atoms with Crippen LogP contribution in [-0.4, -0.2) is 55.1 Å². The Morgan fingerprint density at radius 2 is 1.84 bits per heavy atom. The van der Waals surface area contributed by atoms with Crippen LogP contribution in [0.4, 0.5) is 5.82 Å². The summed E-state index contributed by atoms with van der Waals surface area (Å²) in [6.07, 6.45) is 1.80. The van der Waals surface area contributed by atoms with Gasteiger partial charge in [0.15, 0.2) is 0 Å². The normalized spacial score (nSPS) is 13.9. The molecule has 3 heterocycles. The molecular formula is C24H27N3O4. The first-order chi connectivity index (χ1) is 15.1. The van der Waals surface area contributed by atoms with Crippen LogP contribution >= 0.6 is 0 Å². The van der Waals surface area contributed by atoms with E-state index >= 15 is 0 Å². The summed E-state index contributed by atoms with van der Waals surface area (Å²) in [5, 5.41) is 4.83. The second-order valence-corrected chi connectivity index (χ2v) is 7.17. The third-order valence-electron chi connectivity index (χ3n) is 5.24. The number of fused-ring (bicyclic) bond motifs is 1. The molecule has 3 aromatic rings. The van der Waals surface area contributed by atoms with Crippen LogP contribution in [0.1, 0.15) is 29.8 Å². The molecule has 0 amide bonds. The van der Waals surface area contributed by atoms with Crippen LogP contribution in [0, 0.1) is 0 Å². The standard InChI is InChI=1S/C24H27N3O4/c1-4-30-17(3)20-16-27-23(22(20)24(28)31-5-2)19(18-9-7-6-8-10-18)15-21(25-27)26-11-13-29-14-12-26/h6-10,15-16H,3-5,11-14H2,1-2H3. The zero-order chi connectivity index (χ0) is 21.8. The number of aromatic nitrogens is 2. The van der Waals surface area contributed by atoms with Crippen LogP contribution in [0.15, 0.2) is 49.2 Å². The van der Waals surface area contributed by atoms with Gasteiger partial charge in [-0.25, -0.2) is 9.31 Å². The molecule has 2 aromatic heterocycles. The lowest BCUT2D eigenvalue weighted by Gasteiger charge is -2.28. The Bertz CT molecular complexity index is 1090. The summed E-state index contributed by atoms with van der Waals surface area (Å²) in [6, 6.07) is 12.0. The Labute approximate surface area is 181 Å². The Hall–Kier alpha value is -3.32. The predicted molar refractivity (Wildman–Crippen MR) is 120 cm³/mol. The van der Waals surface area contributed by atoms with Gasteiger partial charge in [-0.05, 0) is 25.5 Å². The summed E-state index contributed by atoms with van der Waals surface area (Å²) in [5.41, 5.74) is 3.57. The highest BCUT2D eigenvalue weighted by Crippen LogP contribution is 2.35. The van der Waals surface area contributed by atoms with Crippen LogP contribution in [0.2, 0.25) is 0 Å². The van der Waals surface area contributed by atoms with Gasteiger partial charge in [-0.15, -0.1) is 0 Å². The number of esters is 1. The molecule has 0 saturated carbocycles. The summed E-state index contributed by atoms with van der Waals surface area (Å²) in [6.45, 7) is 11.3. The Morgan fingerprint density at radius 1 is 1.13 bits per heavy atom. The minimum Gasteiger partial charge on any atom is -0.494 e. The van der Waals surface area contributed by atoms with Crippen molar-refractivity contribution in [2.45, 2.75) is 13.8 Å². The summed E-state index contributed by atoms with van der Waals surface area (Å²) in [7, 11) is 0. The molecule has 4 rings (SSSR count). The van der Waals surface area contributed by atoms with Crippen LogP contribution in [0.5, 0.6) is 0 Å². The van der Waals surface area contributed by atoms with E-state index in [-0.39, 0.29) is 6.61 Å². The van der Waals surface area contributed by atoms with Crippen molar-refractivity contribution >= 4 is 23.1 Å². The van der Waals surface area contributed by atoms with Crippen molar-refractivity contribution in [3.63, 3.8) is 0 Å². The van der Waals surface area contributed by atoms with Gasteiger partial charge in [0.2, 0.25) is 0 Å². The van der Waals surface area contributed by atoms with Gasteiger partial charge < -0.3 is 19.1 Å². The zero-order valence-corrected chi connectivity index (χ0v) is 18.0. The van der Waals surface area contributed by atoms with Crippen molar-refractivity contribution in [3.05, 3.63) is 60.3 Å². The number of nitrogens with zero attached hydrogens (tertiary/aromatic N) is 3. The van der Waals surface area contributed by atoms with Gasteiger partial charge in [-0.2, -0.15) is 5.10 Å².